The molecule has 4 heterocycles. The van der Waals surface area contributed by atoms with Gasteiger partial charge >= 0.3 is 18.1 Å². The quantitative estimate of drug-likeness (QED) is 0.208. The Kier molecular flexibility index (Phi) is 6.86. The van der Waals surface area contributed by atoms with Gasteiger partial charge in [-0.15, -0.1) is 0 Å². The highest BCUT2D eigenvalue weighted by atomic mass is 35.5. The van der Waals surface area contributed by atoms with Gasteiger partial charge in [-0.2, -0.15) is 13.2 Å². The molecule has 3 fully saturated rings. The molecular weight excluding hydrogens is 630 g/mol. The number of piperidine rings is 1. The van der Waals surface area contributed by atoms with Crippen molar-refractivity contribution in [2.24, 2.45) is 0 Å². The standard InChI is InChI=1S/C29H22Cl2F3N3O5S/c30-18-2-1-3-19(31)21(18)24-22(25(42-36-24)12-4-5-12)27(40)41-16-10-14-6-7-15(11-16)37(14)28-35-23-17(29(32,33)34)8-13(26(38)39)9-20(23)43-28/h1-3,8-9,12,14-16H,4-7,10-11H2,(H,38,39)/t14-,15+,16-. The number of carbonyl (C=O) groups is 2. The number of aromatic carboxylic acids is 1. The second kappa shape index (κ2) is 10.4. The van der Waals surface area contributed by atoms with Crippen LogP contribution < -0.4 is 4.90 Å². The molecule has 2 aromatic heterocycles. The van der Waals surface area contributed by atoms with E-state index in [2.05, 4.69) is 10.1 Å². The lowest BCUT2D eigenvalue weighted by Crippen LogP contribution is -2.46. The number of aromatic nitrogens is 2. The third kappa shape index (κ3) is 5.02. The molecule has 3 aliphatic rings. The van der Waals surface area contributed by atoms with Crippen LogP contribution in [0, 0.1) is 0 Å². The first-order valence-corrected chi connectivity index (χ1v) is 15.2. The molecule has 43 heavy (non-hydrogen) atoms. The third-order valence-corrected chi connectivity index (χ3v) is 9.94. The summed E-state index contributed by atoms with van der Waals surface area (Å²) in [6.07, 6.45) is -1.07. The molecule has 4 aromatic rings. The minimum atomic E-state index is -4.76. The van der Waals surface area contributed by atoms with Crippen LogP contribution >= 0.6 is 34.5 Å². The zero-order chi connectivity index (χ0) is 30.2. The first kappa shape index (κ1) is 28.4. The Morgan fingerprint density at radius 3 is 2.35 bits per heavy atom. The summed E-state index contributed by atoms with van der Waals surface area (Å²) < 4.78 is 53.3. The van der Waals surface area contributed by atoms with Crippen LogP contribution in [0.2, 0.25) is 10.0 Å². The molecule has 8 nitrogen and oxygen atoms in total. The molecule has 2 aliphatic heterocycles. The maximum atomic E-state index is 13.8. The van der Waals surface area contributed by atoms with E-state index in [1.54, 1.807) is 18.2 Å². The predicted octanol–water partition coefficient (Wildman–Crippen LogP) is 8.21. The van der Waals surface area contributed by atoms with Crippen molar-refractivity contribution in [1.82, 2.24) is 10.1 Å². The molecule has 1 saturated carbocycles. The van der Waals surface area contributed by atoms with Crippen LogP contribution in [-0.4, -0.2) is 45.4 Å². The summed E-state index contributed by atoms with van der Waals surface area (Å²) in [5, 5.41) is 14.6. The monoisotopic (exact) mass is 651 g/mol. The van der Waals surface area contributed by atoms with Crippen molar-refractivity contribution in [2.75, 3.05) is 4.90 Å². The summed E-state index contributed by atoms with van der Waals surface area (Å²) >= 11 is 13.9. The molecule has 2 aromatic carbocycles. The van der Waals surface area contributed by atoms with Crippen LogP contribution in [-0.2, 0) is 10.9 Å². The van der Waals surface area contributed by atoms with E-state index in [0.29, 0.717) is 45.4 Å². The summed E-state index contributed by atoms with van der Waals surface area (Å²) in [4.78, 5) is 31.5. The minimum Gasteiger partial charge on any atom is -0.478 e. The molecule has 14 heteroatoms. The van der Waals surface area contributed by atoms with Crippen LogP contribution in [0.5, 0.6) is 0 Å². The Morgan fingerprint density at radius 1 is 1.07 bits per heavy atom. The molecule has 0 spiro atoms. The largest absolute Gasteiger partial charge is 0.478 e. The highest BCUT2D eigenvalue weighted by molar-refractivity contribution is 7.22. The number of hydrogen-bond donors (Lipinski definition) is 1. The third-order valence-electron chi connectivity index (χ3n) is 8.29. The molecule has 0 radical (unpaired) electrons. The van der Waals surface area contributed by atoms with Gasteiger partial charge in [0.2, 0.25) is 0 Å². The average molecular weight is 652 g/mol. The van der Waals surface area contributed by atoms with Gasteiger partial charge in [0.15, 0.2) is 10.9 Å². The van der Waals surface area contributed by atoms with Gasteiger partial charge in [-0.1, -0.05) is 45.8 Å². The summed E-state index contributed by atoms with van der Waals surface area (Å²) in [5.41, 5.74) is -0.943. The molecular formula is C29H22Cl2F3N3O5S. The number of carboxylic acids is 1. The van der Waals surface area contributed by atoms with Gasteiger partial charge in [0.1, 0.15) is 17.4 Å². The molecule has 2 bridgehead atoms. The van der Waals surface area contributed by atoms with Gasteiger partial charge in [-0.3, -0.25) is 0 Å². The normalized spacial score (nSPS) is 21.9. The van der Waals surface area contributed by atoms with E-state index in [0.717, 1.165) is 37.0 Å². The van der Waals surface area contributed by atoms with E-state index in [1.165, 1.54) is 6.07 Å². The number of ether oxygens (including phenoxy) is 1. The molecule has 0 unspecified atom stereocenters. The Balaban J connectivity index is 1.15. The van der Waals surface area contributed by atoms with E-state index >= 15 is 0 Å². The Hall–Kier alpha value is -3.35. The van der Waals surface area contributed by atoms with Crippen LogP contribution in [0.1, 0.15) is 76.5 Å². The fourth-order valence-electron chi connectivity index (χ4n) is 6.23. The number of nitrogens with zero attached hydrogens (tertiary/aromatic N) is 3. The van der Waals surface area contributed by atoms with Crippen LogP contribution in [0.25, 0.3) is 21.5 Å². The maximum Gasteiger partial charge on any atom is 0.418 e. The topological polar surface area (TPSA) is 106 Å². The summed E-state index contributed by atoms with van der Waals surface area (Å²) in [6, 6.07) is 6.61. The number of anilines is 1. The van der Waals surface area contributed by atoms with Crippen molar-refractivity contribution < 1.29 is 37.1 Å². The van der Waals surface area contributed by atoms with Gasteiger partial charge in [-0.25, -0.2) is 14.6 Å². The highest BCUT2D eigenvalue weighted by Crippen LogP contribution is 2.48. The Bertz CT molecular complexity index is 1750. The van der Waals surface area contributed by atoms with Crippen molar-refractivity contribution in [3.8, 4) is 11.3 Å². The van der Waals surface area contributed by atoms with E-state index in [-0.39, 0.29) is 39.5 Å². The SMILES string of the molecule is O=C(O)c1cc(C(F)(F)F)c2nc(N3[C@@H]4CC[C@H]3C[C@H](OC(=O)c3c(-c5c(Cl)cccc5Cl)noc3C3CC3)C4)sc2c1. The highest BCUT2D eigenvalue weighted by Gasteiger charge is 2.45. The molecule has 7 rings (SSSR count). The molecule has 1 N–H and O–H groups in total. The predicted molar refractivity (Wildman–Crippen MR) is 153 cm³/mol. The number of esters is 1. The first-order chi connectivity index (χ1) is 20.5. The van der Waals surface area contributed by atoms with E-state index in [1.807, 2.05) is 4.90 Å². The minimum absolute atomic E-state index is 0.0605. The van der Waals surface area contributed by atoms with Crippen LogP contribution in [0.3, 0.4) is 0 Å². The Labute approximate surface area is 256 Å². The van der Waals surface area contributed by atoms with Crippen LogP contribution in [0.4, 0.5) is 18.3 Å². The number of thiazole rings is 1. The summed E-state index contributed by atoms with van der Waals surface area (Å²) in [7, 11) is 0. The zero-order valence-electron chi connectivity index (χ0n) is 22.2. The number of benzene rings is 2. The molecule has 0 amide bonds. The average Bonchev–Trinajstić information content (AvgIpc) is 3.44. The lowest BCUT2D eigenvalue weighted by atomic mass is 9.99. The van der Waals surface area contributed by atoms with Gasteiger partial charge in [0.05, 0.1) is 31.4 Å². The molecule has 224 valence electrons. The van der Waals surface area contributed by atoms with E-state index in [4.69, 9.17) is 32.5 Å². The second-order valence-electron chi connectivity index (χ2n) is 11.1. The van der Waals surface area contributed by atoms with Crippen molar-refractivity contribution in [2.45, 2.75) is 68.8 Å². The van der Waals surface area contributed by atoms with Crippen molar-refractivity contribution in [3.05, 3.63) is 62.8 Å². The number of halogens is 5. The van der Waals surface area contributed by atoms with Gasteiger partial charge < -0.3 is 19.3 Å². The zero-order valence-corrected chi connectivity index (χ0v) is 24.5. The number of hydrogen-bond acceptors (Lipinski definition) is 8. The van der Waals surface area contributed by atoms with Gasteiger partial charge in [-0.05, 0) is 49.9 Å². The number of carbonyl (C=O) groups excluding carboxylic acids is 1. The number of rotatable bonds is 6. The van der Waals surface area contributed by atoms with E-state index in [9.17, 15) is 27.9 Å². The van der Waals surface area contributed by atoms with Gasteiger partial charge in [0.25, 0.3) is 0 Å². The Morgan fingerprint density at radius 2 is 1.74 bits per heavy atom. The maximum absolute atomic E-state index is 13.8. The molecule has 3 atom stereocenters. The first-order valence-electron chi connectivity index (χ1n) is 13.7. The molecule has 1 aliphatic carbocycles. The summed E-state index contributed by atoms with van der Waals surface area (Å²) in [6.45, 7) is 0. The second-order valence-corrected chi connectivity index (χ2v) is 12.9. The van der Waals surface area contributed by atoms with Crippen molar-refractivity contribution in [3.63, 3.8) is 0 Å². The number of carboxylic acid groups (broad SMARTS) is 1. The smallest absolute Gasteiger partial charge is 0.418 e. The lowest BCUT2D eigenvalue weighted by molar-refractivity contribution is -0.136. The van der Waals surface area contributed by atoms with Crippen molar-refractivity contribution in [1.29, 1.82) is 0 Å². The number of fused-ring (bicyclic) bond motifs is 3. The lowest BCUT2D eigenvalue weighted by Gasteiger charge is -2.38. The van der Waals surface area contributed by atoms with Crippen LogP contribution in [0.15, 0.2) is 34.9 Å². The fraction of sp³-hybridized carbons (Fsp3) is 0.379. The summed E-state index contributed by atoms with van der Waals surface area (Å²) in [5.74, 6) is -1.51. The van der Waals surface area contributed by atoms with E-state index < -0.39 is 35.3 Å². The van der Waals surface area contributed by atoms with Crippen molar-refractivity contribution >= 4 is 61.8 Å². The fourth-order valence-corrected chi connectivity index (χ4v) is 7.98. The van der Waals surface area contributed by atoms with Gasteiger partial charge in [0, 0.05) is 36.4 Å². The number of alkyl halides is 3. The molecule has 2 saturated heterocycles.